The van der Waals surface area contributed by atoms with Crippen LogP contribution in [0, 0.1) is 0 Å². The molecular weight excluding hydrogens is 495 g/mol. The molecule has 0 aliphatic carbocycles. The van der Waals surface area contributed by atoms with Crippen molar-refractivity contribution in [1.29, 1.82) is 0 Å². The quantitative estimate of drug-likeness (QED) is 0.150. The Balaban J connectivity index is 0.00000420. The monoisotopic (exact) mass is 526 g/mol. The number of rotatable bonds is 9. The minimum absolute atomic E-state index is 0. The number of carbonyl (C=O) groups is 1. The summed E-state index contributed by atoms with van der Waals surface area (Å²) in [4.78, 5) is 17.8. The first kappa shape index (κ1) is 25.3. The van der Waals surface area contributed by atoms with Crippen molar-refractivity contribution in [2.45, 2.75) is 37.8 Å². The summed E-state index contributed by atoms with van der Waals surface area (Å²) in [6.07, 6.45) is 0.914. The largest absolute Gasteiger partial charge is 0.356 e. The first-order chi connectivity index (χ1) is 13.6. The summed E-state index contributed by atoms with van der Waals surface area (Å²) in [6, 6.07) is 18.2. The third kappa shape index (κ3) is 9.54. The number of thioether (sulfide) groups is 1. The van der Waals surface area contributed by atoms with Crippen molar-refractivity contribution in [2.75, 3.05) is 19.3 Å². The normalized spacial score (nSPS) is 11.9. The fourth-order valence-corrected chi connectivity index (χ4v) is 3.28. The predicted octanol–water partition coefficient (Wildman–Crippen LogP) is 4.29. The lowest BCUT2D eigenvalue weighted by molar-refractivity contribution is 0.0939. The van der Waals surface area contributed by atoms with Crippen LogP contribution in [-0.2, 0) is 6.54 Å². The van der Waals surface area contributed by atoms with E-state index in [-0.39, 0.29) is 35.9 Å². The Kier molecular flexibility index (Phi) is 12.5. The van der Waals surface area contributed by atoms with E-state index in [0.717, 1.165) is 30.2 Å². The molecule has 5 nitrogen and oxygen atoms in total. The topological polar surface area (TPSA) is 65.5 Å². The van der Waals surface area contributed by atoms with Gasteiger partial charge in [0.2, 0.25) is 0 Å². The van der Waals surface area contributed by atoms with Gasteiger partial charge >= 0.3 is 0 Å². The van der Waals surface area contributed by atoms with Crippen molar-refractivity contribution >= 4 is 47.6 Å². The van der Waals surface area contributed by atoms with E-state index in [4.69, 9.17) is 0 Å². The highest BCUT2D eigenvalue weighted by Crippen LogP contribution is 2.15. The summed E-state index contributed by atoms with van der Waals surface area (Å²) in [5.41, 5.74) is 1.72. The Bertz CT molecular complexity index is 770. The van der Waals surface area contributed by atoms with E-state index in [9.17, 15) is 4.79 Å². The first-order valence-corrected chi connectivity index (χ1v) is 10.6. The molecule has 0 aliphatic rings. The molecule has 29 heavy (non-hydrogen) atoms. The van der Waals surface area contributed by atoms with Crippen LogP contribution in [0.4, 0.5) is 0 Å². The van der Waals surface area contributed by atoms with Gasteiger partial charge in [0.05, 0.1) is 0 Å². The number of amides is 1. The van der Waals surface area contributed by atoms with Crippen LogP contribution >= 0.6 is 35.7 Å². The van der Waals surface area contributed by atoms with Gasteiger partial charge in [-0.25, -0.2) is 0 Å². The molecule has 1 amide bonds. The summed E-state index contributed by atoms with van der Waals surface area (Å²) < 4.78 is 0. The smallest absolute Gasteiger partial charge is 0.251 e. The Morgan fingerprint density at radius 3 is 2.55 bits per heavy atom. The van der Waals surface area contributed by atoms with E-state index >= 15 is 0 Å². The molecule has 0 radical (unpaired) electrons. The van der Waals surface area contributed by atoms with Crippen molar-refractivity contribution in [3.05, 3.63) is 65.7 Å². The molecule has 0 fully saturated rings. The van der Waals surface area contributed by atoms with E-state index in [1.54, 1.807) is 7.05 Å². The lowest BCUT2D eigenvalue weighted by Gasteiger charge is -2.14. The molecular formula is C22H31IN4OS. The standard InChI is InChI=1S/C22H30N4OS.HI/c1-4-17(2)26-21(27)19-10-8-9-18(15-19)16-25-22(23-3)24-13-14-28-20-11-6-5-7-12-20;/h5-12,15,17H,4,13-14,16H2,1-3H3,(H,26,27)(H2,23,24,25);1H. The summed E-state index contributed by atoms with van der Waals surface area (Å²) >= 11 is 1.81. The van der Waals surface area contributed by atoms with Crippen molar-refractivity contribution in [2.24, 2.45) is 4.99 Å². The van der Waals surface area contributed by atoms with Gasteiger partial charge in [-0.3, -0.25) is 9.79 Å². The van der Waals surface area contributed by atoms with Crippen molar-refractivity contribution in [1.82, 2.24) is 16.0 Å². The van der Waals surface area contributed by atoms with Gasteiger partial charge in [0.15, 0.2) is 5.96 Å². The number of benzene rings is 2. The van der Waals surface area contributed by atoms with Gasteiger partial charge in [0, 0.05) is 42.4 Å². The summed E-state index contributed by atoms with van der Waals surface area (Å²) in [6.45, 7) is 5.49. The number of nitrogens with one attached hydrogen (secondary N) is 3. The molecule has 0 saturated carbocycles. The SMILES string of the molecule is CCC(C)NC(=O)c1cccc(CNC(=NC)NCCSc2ccccc2)c1.I. The van der Waals surface area contributed by atoms with E-state index in [1.165, 1.54) is 4.90 Å². The number of halogens is 1. The number of guanidine groups is 1. The zero-order valence-electron chi connectivity index (χ0n) is 17.3. The highest BCUT2D eigenvalue weighted by molar-refractivity contribution is 14.0. The Hall–Kier alpha value is -1.74. The van der Waals surface area contributed by atoms with E-state index in [1.807, 2.05) is 61.2 Å². The summed E-state index contributed by atoms with van der Waals surface area (Å²) in [5, 5.41) is 9.62. The van der Waals surface area contributed by atoms with Gasteiger partial charge in [-0.2, -0.15) is 0 Å². The molecule has 1 atom stereocenters. The van der Waals surface area contributed by atoms with Gasteiger partial charge in [0.1, 0.15) is 0 Å². The summed E-state index contributed by atoms with van der Waals surface area (Å²) in [5.74, 6) is 1.68. The van der Waals surface area contributed by atoms with Gasteiger partial charge in [0.25, 0.3) is 5.91 Å². The van der Waals surface area contributed by atoms with Gasteiger partial charge in [-0.1, -0.05) is 37.3 Å². The van der Waals surface area contributed by atoms with Crippen molar-refractivity contribution in [3.8, 4) is 0 Å². The molecule has 0 heterocycles. The van der Waals surface area contributed by atoms with Gasteiger partial charge in [-0.05, 0) is 43.2 Å². The molecule has 3 N–H and O–H groups in total. The Morgan fingerprint density at radius 2 is 1.86 bits per heavy atom. The van der Waals surface area contributed by atoms with E-state index < -0.39 is 0 Å². The van der Waals surface area contributed by atoms with Crippen LogP contribution in [0.15, 0.2) is 64.5 Å². The number of nitrogens with zero attached hydrogens (tertiary/aromatic N) is 1. The second kappa shape index (κ2) is 14.3. The van der Waals surface area contributed by atoms with E-state index in [0.29, 0.717) is 12.1 Å². The van der Waals surface area contributed by atoms with Crippen LogP contribution in [0.5, 0.6) is 0 Å². The van der Waals surface area contributed by atoms with Crippen LogP contribution in [0.1, 0.15) is 36.2 Å². The van der Waals surface area contributed by atoms with Crippen LogP contribution in [0.3, 0.4) is 0 Å². The molecule has 0 spiro atoms. The van der Waals surface area contributed by atoms with Crippen LogP contribution in [0.25, 0.3) is 0 Å². The second-order valence-corrected chi connectivity index (χ2v) is 7.67. The molecule has 1 unspecified atom stereocenters. The predicted molar refractivity (Wildman–Crippen MR) is 134 cm³/mol. The van der Waals surface area contributed by atoms with Crippen LogP contribution in [0.2, 0.25) is 0 Å². The highest BCUT2D eigenvalue weighted by atomic mass is 127. The first-order valence-electron chi connectivity index (χ1n) is 9.64. The number of hydrogen-bond donors (Lipinski definition) is 3. The zero-order valence-corrected chi connectivity index (χ0v) is 20.4. The third-order valence-electron chi connectivity index (χ3n) is 4.27. The molecule has 2 aromatic carbocycles. The average Bonchev–Trinajstić information content (AvgIpc) is 2.74. The van der Waals surface area contributed by atoms with Gasteiger partial charge in [-0.15, -0.1) is 35.7 Å². The Morgan fingerprint density at radius 1 is 1.10 bits per heavy atom. The number of carbonyl (C=O) groups excluding carboxylic acids is 1. The van der Waals surface area contributed by atoms with Crippen molar-refractivity contribution in [3.63, 3.8) is 0 Å². The maximum Gasteiger partial charge on any atom is 0.251 e. The average molecular weight is 526 g/mol. The lowest BCUT2D eigenvalue weighted by Crippen LogP contribution is -2.38. The molecule has 0 aliphatic heterocycles. The van der Waals surface area contributed by atoms with E-state index in [2.05, 4.69) is 40.0 Å². The second-order valence-electron chi connectivity index (χ2n) is 6.50. The third-order valence-corrected chi connectivity index (χ3v) is 5.28. The molecule has 7 heteroatoms. The maximum atomic E-state index is 12.3. The summed E-state index contributed by atoms with van der Waals surface area (Å²) in [7, 11) is 1.76. The maximum absolute atomic E-state index is 12.3. The van der Waals surface area contributed by atoms with Crippen LogP contribution < -0.4 is 16.0 Å². The van der Waals surface area contributed by atoms with Gasteiger partial charge < -0.3 is 16.0 Å². The molecule has 0 bridgehead atoms. The highest BCUT2D eigenvalue weighted by Gasteiger charge is 2.09. The fraction of sp³-hybridized carbons (Fsp3) is 0.364. The molecule has 2 rings (SSSR count). The fourth-order valence-electron chi connectivity index (χ4n) is 2.49. The minimum Gasteiger partial charge on any atom is -0.356 e. The molecule has 0 saturated heterocycles. The number of aliphatic imine (C=N–C) groups is 1. The molecule has 158 valence electrons. The number of hydrogen-bond acceptors (Lipinski definition) is 3. The molecule has 0 aromatic heterocycles. The van der Waals surface area contributed by atoms with Crippen molar-refractivity contribution < 1.29 is 4.79 Å². The molecule has 2 aromatic rings. The zero-order chi connectivity index (χ0) is 20.2. The minimum atomic E-state index is -0.0309. The lowest BCUT2D eigenvalue weighted by atomic mass is 10.1. The van der Waals surface area contributed by atoms with Crippen LogP contribution in [-0.4, -0.2) is 37.3 Å². The Labute approximate surface area is 195 Å².